The van der Waals surface area contributed by atoms with Crippen LogP contribution in [0.1, 0.15) is 49.5 Å². The van der Waals surface area contributed by atoms with Crippen molar-refractivity contribution in [2.75, 3.05) is 0 Å². The molecule has 1 aliphatic carbocycles. The summed E-state index contributed by atoms with van der Waals surface area (Å²) in [5.74, 6) is 4.93. The minimum absolute atomic E-state index is 0.0268. The first-order valence-electron chi connectivity index (χ1n) is 7.30. The third-order valence-electron chi connectivity index (χ3n) is 4.46. The molecule has 6 heteroatoms. The molecule has 0 spiro atoms. The standard InChI is InChI=1S/C16H23N3O3/c1-15(2,3)12-8-9-16(12,22-14(17)21)11-6-4-10(5-7-11)13(20)19-18/h4-7,12H,8-9,18H2,1-3H3,(H2,17,21)(H,19,20). The van der Waals surface area contributed by atoms with Crippen molar-refractivity contribution < 1.29 is 14.3 Å². The largest absolute Gasteiger partial charge is 0.438 e. The van der Waals surface area contributed by atoms with E-state index in [2.05, 4.69) is 26.2 Å². The number of carbonyl (C=O) groups excluding carboxylic acids is 2. The van der Waals surface area contributed by atoms with Gasteiger partial charge in [0.25, 0.3) is 5.91 Å². The van der Waals surface area contributed by atoms with Crippen LogP contribution < -0.4 is 17.0 Å². The summed E-state index contributed by atoms with van der Waals surface area (Å²) in [5.41, 5.74) is 7.93. The van der Waals surface area contributed by atoms with Crippen LogP contribution in [0.4, 0.5) is 4.79 Å². The molecule has 120 valence electrons. The van der Waals surface area contributed by atoms with E-state index in [1.807, 2.05) is 0 Å². The zero-order valence-corrected chi connectivity index (χ0v) is 13.2. The quantitative estimate of drug-likeness (QED) is 0.451. The number of rotatable bonds is 3. The predicted molar refractivity (Wildman–Crippen MR) is 82.6 cm³/mol. The maximum atomic E-state index is 11.5. The van der Waals surface area contributed by atoms with Gasteiger partial charge < -0.3 is 10.5 Å². The summed E-state index contributed by atoms with van der Waals surface area (Å²) < 4.78 is 5.54. The minimum Gasteiger partial charge on any atom is -0.438 e. The monoisotopic (exact) mass is 305 g/mol. The lowest BCUT2D eigenvalue weighted by Crippen LogP contribution is -2.53. The summed E-state index contributed by atoms with van der Waals surface area (Å²) in [6, 6.07) is 6.93. The average molecular weight is 305 g/mol. The zero-order valence-electron chi connectivity index (χ0n) is 13.2. The van der Waals surface area contributed by atoms with Crippen LogP contribution in [0.25, 0.3) is 0 Å². The second-order valence-electron chi connectivity index (χ2n) is 6.82. The molecule has 2 unspecified atom stereocenters. The SMILES string of the molecule is CC(C)(C)C1CCC1(OC(N)=O)c1ccc(C(=O)NN)cc1. The Labute approximate surface area is 130 Å². The van der Waals surface area contributed by atoms with Gasteiger partial charge in [-0.3, -0.25) is 10.2 Å². The number of nitrogen functional groups attached to an aromatic ring is 1. The lowest BCUT2D eigenvalue weighted by atomic mass is 9.56. The smallest absolute Gasteiger partial charge is 0.405 e. The number of amides is 2. The van der Waals surface area contributed by atoms with Gasteiger partial charge in [0.05, 0.1) is 0 Å². The summed E-state index contributed by atoms with van der Waals surface area (Å²) >= 11 is 0. The van der Waals surface area contributed by atoms with Gasteiger partial charge in [-0.25, -0.2) is 10.6 Å². The van der Waals surface area contributed by atoms with E-state index < -0.39 is 11.7 Å². The number of hydrazine groups is 1. The molecule has 1 aliphatic rings. The fourth-order valence-corrected chi connectivity index (χ4v) is 3.38. The minimum atomic E-state index is -0.780. The molecule has 2 rings (SSSR count). The molecule has 1 fully saturated rings. The van der Waals surface area contributed by atoms with E-state index in [0.717, 1.165) is 18.4 Å². The molecule has 1 saturated carbocycles. The van der Waals surface area contributed by atoms with Gasteiger partial charge in [-0.05, 0) is 36.0 Å². The van der Waals surface area contributed by atoms with E-state index in [4.69, 9.17) is 16.3 Å². The highest BCUT2D eigenvalue weighted by Crippen LogP contribution is 2.56. The fourth-order valence-electron chi connectivity index (χ4n) is 3.38. The van der Waals surface area contributed by atoms with Gasteiger partial charge in [0.15, 0.2) is 0 Å². The van der Waals surface area contributed by atoms with Crippen molar-refractivity contribution in [3.63, 3.8) is 0 Å². The van der Waals surface area contributed by atoms with Crippen molar-refractivity contribution in [3.05, 3.63) is 35.4 Å². The lowest BCUT2D eigenvalue weighted by molar-refractivity contribution is -0.144. The summed E-state index contributed by atoms with van der Waals surface area (Å²) in [7, 11) is 0. The van der Waals surface area contributed by atoms with Crippen LogP contribution >= 0.6 is 0 Å². The Balaban J connectivity index is 2.39. The van der Waals surface area contributed by atoms with Gasteiger partial charge in [-0.2, -0.15) is 0 Å². The van der Waals surface area contributed by atoms with E-state index in [9.17, 15) is 9.59 Å². The molecule has 22 heavy (non-hydrogen) atoms. The molecule has 0 aromatic heterocycles. The summed E-state index contributed by atoms with van der Waals surface area (Å²) in [5, 5.41) is 0. The first kappa shape index (κ1) is 16.3. The van der Waals surface area contributed by atoms with Crippen molar-refractivity contribution in [1.29, 1.82) is 0 Å². The molecule has 1 aromatic carbocycles. The van der Waals surface area contributed by atoms with Crippen LogP contribution in [0.15, 0.2) is 24.3 Å². The van der Waals surface area contributed by atoms with E-state index >= 15 is 0 Å². The van der Waals surface area contributed by atoms with Gasteiger partial charge >= 0.3 is 6.09 Å². The Bertz CT molecular complexity index is 577. The predicted octanol–water partition coefficient (Wildman–Crippen LogP) is 2.04. The van der Waals surface area contributed by atoms with Crippen molar-refractivity contribution in [1.82, 2.24) is 5.43 Å². The number of nitrogens with one attached hydrogen (secondary N) is 1. The Morgan fingerprint density at radius 1 is 1.27 bits per heavy atom. The zero-order chi connectivity index (χ0) is 16.5. The number of benzene rings is 1. The molecule has 5 N–H and O–H groups in total. The molecule has 1 aromatic rings. The second-order valence-corrected chi connectivity index (χ2v) is 6.82. The fraction of sp³-hybridized carbons (Fsp3) is 0.500. The number of carbonyl (C=O) groups is 2. The molecule has 0 aliphatic heterocycles. The second kappa shape index (κ2) is 5.61. The van der Waals surface area contributed by atoms with Crippen LogP contribution in [0.3, 0.4) is 0 Å². The van der Waals surface area contributed by atoms with Crippen molar-refractivity contribution in [2.24, 2.45) is 22.9 Å². The number of hydrogen-bond donors (Lipinski definition) is 3. The molecule has 6 nitrogen and oxygen atoms in total. The van der Waals surface area contributed by atoms with Crippen molar-refractivity contribution in [2.45, 2.75) is 39.2 Å². The Morgan fingerprint density at radius 3 is 2.23 bits per heavy atom. The van der Waals surface area contributed by atoms with Crippen molar-refractivity contribution in [3.8, 4) is 0 Å². The molecule has 0 bridgehead atoms. The van der Waals surface area contributed by atoms with Crippen molar-refractivity contribution >= 4 is 12.0 Å². The summed E-state index contributed by atoms with van der Waals surface area (Å²) in [6.45, 7) is 6.35. The van der Waals surface area contributed by atoms with E-state index in [1.165, 1.54) is 0 Å². The van der Waals surface area contributed by atoms with Crippen LogP contribution in [-0.2, 0) is 10.3 Å². The summed E-state index contributed by atoms with van der Waals surface area (Å²) in [6.07, 6.45) is 0.903. The van der Waals surface area contributed by atoms with Gasteiger partial charge in [0, 0.05) is 11.5 Å². The van der Waals surface area contributed by atoms with Gasteiger partial charge in [-0.1, -0.05) is 32.9 Å². The molecule has 0 saturated heterocycles. The number of primary amides is 1. The van der Waals surface area contributed by atoms with Gasteiger partial charge in [0.2, 0.25) is 0 Å². The van der Waals surface area contributed by atoms with E-state index in [-0.39, 0.29) is 17.2 Å². The van der Waals surface area contributed by atoms with Gasteiger partial charge in [-0.15, -0.1) is 0 Å². The number of nitrogens with two attached hydrogens (primary N) is 2. The topological polar surface area (TPSA) is 107 Å². The molecule has 0 radical (unpaired) electrons. The Morgan fingerprint density at radius 2 is 1.86 bits per heavy atom. The maximum Gasteiger partial charge on any atom is 0.405 e. The van der Waals surface area contributed by atoms with E-state index in [0.29, 0.717) is 5.56 Å². The average Bonchev–Trinajstić information content (AvgIpc) is 2.40. The molecule has 0 heterocycles. The first-order chi connectivity index (χ1) is 10.2. The molecule has 2 amide bonds. The third kappa shape index (κ3) is 2.78. The van der Waals surface area contributed by atoms with Crippen LogP contribution in [-0.4, -0.2) is 12.0 Å². The highest BCUT2D eigenvalue weighted by molar-refractivity contribution is 5.93. The number of hydrogen-bond acceptors (Lipinski definition) is 4. The maximum absolute atomic E-state index is 11.5. The van der Waals surface area contributed by atoms with Crippen LogP contribution in [0, 0.1) is 11.3 Å². The molecular weight excluding hydrogens is 282 g/mol. The first-order valence-corrected chi connectivity index (χ1v) is 7.30. The Hall–Kier alpha value is -2.08. The number of ether oxygens (including phenoxy) is 1. The van der Waals surface area contributed by atoms with Gasteiger partial charge in [0.1, 0.15) is 5.60 Å². The Kier molecular flexibility index (Phi) is 4.15. The third-order valence-corrected chi connectivity index (χ3v) is 4.46. The molecule has 2 atom stereocenters. The normalized spacial score (nSPS) is 24.3. The summed E-state index contributed by atoms with van der Waals surface area (Å²) in [4.78, 5) is 22.9. The highest BCUT2D eigenvalue weighted by atomic mass is 16.6. The highest BCUT2D eigenvalue weighted by Gasteiger charge is 2.55. The lowest BCUT2D eigenvalue weighted by Gasteiger charge is -2.54. The van der Waals surface area contributed by atoms with Crippen LogP contribution in [0.5, 0.6) is 0 Å². The van der Waals surface area contributed by atoms with Crippen LogP contribution in [0.2, 0.25) is 0 Å². The molecular formula is C16H23N3O3. The van der Waals surface area contributed by atoms with E-state index in [1.54, 1.807) is 24.3 Å².